The Balaban J connectivity index is 2.76. The van der Waals surface area contributed by atoms with Crippen LogP contribution in [0.25, 0.3) is 0 Å². The van der Waals surface area contributed by atoms with Crippen molar-refractivity contribution in [2.24, 2.45) is 0 Å². The van der Waals surface area contributed by atoms with Crippen molar-refractivity contribution >= 4 is 0 Å². The Hall–Kier alpha value is -1.06. The van der Waals surface area contributed by atoms with E-state index in [1.165, 1.54) is 0 Å². The predicted molar refractivity (Wildman–Crippen MR) is 79.7 cm³/mol. The van der Waals surface area contributed by atoms with E-state index in [0.717, 1.165) is 23.4 Å². The minimum atomic E-state index is -0.825. The lowest BCUT2D eigenvalue weighted by Crippen LogP contribution is -2.39. The van der Waals surface area contributed by atoms with Gasteiger partial charge in [0, 0.05) is 5.54 Å². The van der Waals surface area contributed by atoms with Crippen molar-refractivity contribution in [2.75, 3.05) is 13.7 Å². The van der Waals surface area contributed by atoms with Crippen LogP contribution in [0.2, 0.25) is 0 Å². The van der Waals surface area contributed by atoms with Crippen LogP contribution in [0.1, 0.15) is 45.2 Å². The second-order valence-electron chi connectivity index (χ2n) is 6.38. The third-order valence-corrected chi connectivity index (χ3v) is 3.28. The Morgan fingerprint density at radius 2 is 1.84 bits per heavy atom. The van der Waals surface area contributed by atoms with Crippen molar-refractivity contribution in [3.8, 4) is 5.75 Å². The number of methoxy groups -OCH3 is 1. The van der Waals surface area contributed by atoms with Crippen LogP contribution < -0.4 is 10.1 Å². The molecule has 1 unspecified atom stereocenters. The number of aryl methyl sites for hydroxylation is 1. The van der Waals surface area contributed by atoms with E-state index in [1.807, 2.05) is 32.0 Å². The Bertz CT molecular complexity index is 419. The molecule has 0 saturated heterocycles. The predicted octanol–water partition coefficient (Wildman–Crippen LogP) is 2.99. The van der Waals surface area contributed by atoms with Crippen molar-refractivity contribution in [1.82, 2.24) is 5.32 Å². The Kier molecular flexibility index (Phi) is 4.99. The molecule has 108 valence electrons. The normalized spacial score (nSPS) is 15.1. The maximum absolute atomic E-state index is 10.6. The first-order valence-corrected chi connectivity index (χ1v) is 6.78. The minimum absolute atomic E-state index is 0.0744. The molecule has 19 heavy (non-hydrogen) atoms. The number of aliphatic hydroxyl groups is 1. The first-order valence-electron chi connectivity index (χ1n) is 6.78. The van der Waals surface area contributed by atoms with E-state index in [0.29, 0.717) is 6.42 Å². The first kappa shape index (κ1) is 16.0. The smallest absolute Gasteiger partial charge is 0.119 e. The Labute approximate surface area is 117 Å². The lowest BCUT2D eigenvalue weighted by molar-refractivity contribution is 0.0457. The number of ether oxygens (including phenoxy) is 1. The number of benzene rings is 1. The van der Waals surface area contributed by atoms with Gasteiger partial charge in [0.2, 0.25) is 0 Å². The summed E-state index contributed by atoms with van der Waals surface area (Å²) in [4.78, 5) is 0. The topological polar surface area (TPSA) is 41.5 Å². The van der Waals surface area contributed by atoms with Gasteiger partial charge in [0.25, 0.3) is 0 Å². The highest BCUT2D eigenvalue weighted by molar-refractivity contribution is 5.37. The van der Waals surface area contributed by atoms with Crippen molar-refractivity contribution in [3.05, 3.63) is 29.3 Å². The average molecular weight is 265 g/mol. The van der Waals surface area contributed by atoms with Crippen molar-refractivity contribution in [1.29, 1.82) is 0 Å². The third-order valence-electron chi connectivity index (χ3n) is 3.28. The average Bonchev–Trinajstić information content (AvgIpc) is 2.26. The van der Waals surface area contributed by atoms with Crippen LogP contribution in [0.4, 0.5) is 0 Å². The largest absolute Gasteiger partial charge is 0.497 e. The van der Waals surface area contributed by atoms with Crippen LogP contribution in [-0.2, 0) is 5.60 Å². The standard InChI is InChI=1S/C16H27NO2/c1-12-11-13(19-6)7-8-14(12)16(5,18)9-10-17-15(2,3)4/h7-8,11,17-18H,9-10H2,1-6H3. The van der Waals surface area contributed by atoms with Crippen molar-refractivity contribution in [2.45, 2.75) is 52.2 Å². The van der Waals surface area contributed by atoms with Gasteiger partial charge in [-0.25, -0.2) is 0 Å². The maximum Gasteiger partial charge on any atom is 0.119 e. The van der Waals surface area contributed by atoms with Gasteiger partial charge in [-0.15, -0.1) is 0 Å². The van der Waals surface area contributed by atoms with Crippen molar-refractivity contribution < 1.29 is 9.84 Å². The highest BCUT2D eigenvalue weighted by Crippen LogP contribution is 2.29. The molecule has 1 atom stereocenters. The van der Waals surface area contributed by atoms with E-state index in [2.05, 4.69) is 26.1 Å². The highest BCUT2D eigenvalue weighted by Gasteiger charge is 2.25. The SMILES string of the molecule is COc1ccc(C(C)(O)CCNC(C)(C)C)c(C)c1. The molecule has 0 spiro atoms. The quantitative estimate of drug-likeness (QED) is 0.860. The second kappa shape index (κ2) is 5.93. The van der Waals surface area contributed by atoms with Crippen LogP contribution in [0.3, 0.4) is 0 Å². The van der Waals surface area contributed by atoms with E-state index in [1.54, 1.807) is 7.11 Å². The van der Waals surface area contributed by atoms with Gasteiger partial charge >= 0.3 is 0 Å². The zero-order valence-electron chi connectivity index (χ0n) is 13.0. The van der Waals surface area contributed by atoms with Gasteiger partial charge in [-0.3, -0.25) is 0 Å². The summed E-state index contributed by atoms with van der Waals surface area (Å²) < 4.78 is 5.19. The number of hydrogen-bond acceptors (Lipinski definition) is 3. The van der Waals surface area contributed by atoms with Gasteiger partial charge in [0.1, 0.15) is 5.75 Å². The van der Waals surface area contributed by atoms with Gasteiger partial charge in [0.15, 0.2) is 0 Å². The number of hydrogen-bond donors (Lipinski definition) is 2. The first-order chi connectivity index (χ1) is 8.65. The summed E-state index contributed by atoms with van der Waals surface area (Å²) >= 11 is 0. The Morgan fingerprint density at radius 3 is 2.32 bits per heavy atom. The van der Waals surface area contributed by atoms with Gasteiger partial charge in [0.05, 0.1) is 12.7 Å². The van der Waals surface area contributed by atoms with Crippen LogP contribution >= 0.6 is 0 Å². The number of nitrogens with one attached hydrogen (secondary N) is 1. The molecular formula is C16H27NO2. The molecule has 0 bridgehead atoms. The molecule has 3 heteroatoms. The highest BCUT2D eigenvalue weighted by atomic mass is 16.5. The van der Waals surface area contributed by atoms with Crippen LogP contribution in [0, 0.1) is 6.92 Å². The van der Waals surface area contributed by atoms with E-state index in [9.17, 15) is 5.11 Å². The van der Waals surface area contributed by atoms with Crippen molar-refractivity contribution in [3.63, 3.8) is 0 Å². The lowest BCUT2D eigenvalue weighted by Gasteiger charge is -2.28. The molecule has 3 nitrogen and oxygen atoms in total. The molecule has 0 amide bonds. The monoisotopic (exact) mass is 265 g/mol. The zero-order chi connectivity index (χ0) is 14.7. The minimum Gasteiger partial charge on any atom is -0.497 e. The molecule has 0 aromatic heterocycles. The van der Waals surface area contributed by atoms with Gasteiger partial charge in [-0.1, -0.05) is 6.07 Å². The molecule has 0 aliphatic heterocycles. The van der Waals surface area contributed by atoms with Crippen LogP contribution in [0.15, 0.2) is 18.2 Å². The fraction of sp³-hybridized carbons (Fsp3) is 0.625. The summed E-state index contributed by atoms with van der Waals surface area (Å²) in [5, 5.41) is 14.1. The Morgan fingerprint density at radius 1 is 1.21 bits per heavy atom. The van der Waals surface area contributed by atoms with E-state index in [4.69, 9.17) is 4.74 Å². The summed E-state index contributed by atoms with van der Waals surface area (Å²) in [5.41, 5.74) is 1.27. The van der Waals surface area contributed by atoms with Crippen LogP contribution in [0.5, 0.6) is 5.75 Å². The molecule has 0 heterocycles. The lowest BCUT2D eigenvalue weighted by atomic mass is 9.88. The summed E-state index contributed by atoms with van der Waals surface area (Å²) in [6.45, 7) is 11.0. The molecule has 0 radical (unpaired) electrons. The van der Waals surface area contributed by atoms with Gasteiger partial charge in [-0.2, -0.15) is 0 Å². The third kappa shape index (κ3) is 4.84. The molecule has 1 aromatic carbocycles. The van der Waals surface area contributed by atoms with Crippen LogP contribution in [-0.4, -0.2) is 24.3 Å². The summed E-state index contributed by atoms with van der Waals surface area (Å²) in [6.07, 6.45) is 0.678. The van der Waals surface area contributed by atoms with Gasteiger partial charge in [-0.05, 0) is 70.8 Å². The van der Waals surface area contributed by atoms with Gasteiger partial charge < -0.3 is 15.2 Å². The molecule has 2 N–H and O–H groups in total. The molecule has 1 aromatic rings. The molecule has 0 saturated carbocycles. The molecule has 0 fully saturated rings. The fourth-order valence-corrected chi connectivity index (χ4v) is 2.18. The summed E-state index contributed by atoms with van der Waals surface area (Å²) in [6, 6.07) is 5.81. The fourth-order valence-electron chi connectivity index (χ4n) is 2.18. The molecule has 0 aliphatic carbocycles. The van der Waals surface area contributed by atoms with E-state index in [-0.39, 0.29) is 5.54 Å². The molecule has 1 rings (SSSR count). The maximum atomic E-state index is 10.6. The number of rotatable bonds is 5. The van der Waals surface area contributed by atoms with E-state index >= 15 is 0 Å². The van der Waals surface area contributed by atoms with E-state index < -0.39 is 5.60 Å². The molecular weight excluding hydrogens is 238 g/mol. The zero-order valence-corrected chi connectivity index (χ0v) is 13.0. The summed E-state index contributed by atoms with van der Waals surface area (Å²) in [7, 11) is 1.65. The molecule has 0 aliphatic rings. The summed E-state index contributed by atoms with van der Waals surface area (Å²) in [5.74, 6) is 0.824. The second-order valence-corrected chi connectivity index (χ2v) is 6.38.